The Hall–Kier alpha value is -4.08. The van der Waals surface area contributed by atoms with E-state index >= 15 is 0 Å². The lowest BCUT2D eigenvalue weighted by Gasteiger charge is -2.19. The Morgan fingerprint density at radius 3 is 2.72 bits per heavy atom. The molecule has 0 fully saturated rings. The Kier molecular flexibility index (Phi) is 6.26. The van der Waals surface area contributed by atoms with Crippen molar-refractivity contribution in [2.45, 2.75) is 58.0 Å². The van der Waals surface area contributed by atoms with Crippen molar-refractivity contribution in [2.24, 2.45) is 7.05 Å². The lowest BCUT2D eigenvalue weighted by molar-refractivity contribution is 0.0929. The van der Waals surface area contributed by atoms with Crippen molar-refractivity contribution >= 4 is 17.4 Å². The largest absolute Gasteiger partial charge is 0.344 e. The molecule has 1 amide bonds. The molecule has 186 valence electrons. The van der Waals surface area contributed by atoms with Crippen LogP contribution >= 0.6 is 0 Å². The third kappa shape index (κ3) is 5.12. The van der Waals surface area contributed by atoms with Gasteiger partial charge in [-0.15, -0.1) is 5.10 Å². The molecule has 0 radical (unpaired) electrons. The topological polar surface area (TPSA) is 115 Å². The number of pyridine rings is 2. The number of hydrogen-bond acceptors (Lipinski definition) is 7. The van der Waals surface area contributed by atoms with Gasteiger partial charge in [0.25, 0.3) is 5.91 Å². The molecule has 1 aliphatic rings. The molecule has 1 aliphatic carbocycles. The average molecular weight is 486 g/mol. The highest BCUT2D eigenvalue weighted by molar-refractivity contribution is 5.92. The molecule has 4 aromatic heterocycles. The second-order valence-corrected chi connectivity index (χ2v) is 10.2. The van der Waals surface area contributed by atoms with Crippen LogP contribution in [0.15, 0.2) is 49.2 Å². The summed E-state index contributed by atoms with van der Waals surface area (Å²) in [6.07, 6.45) is 12.9. The smallest absolute Gasteiger partial charge is 0.273 e. The fourth-order valence-electron chi connectivity index (χ4n) is 4.38. The number of carbonyl (C=O) groups excluding carboxylic acids is 1. The number of rotatable bonds is 5. The summed E-state index contributed by atoms with van der Waals surface area (Å²) >= 11 is 0. The molecule has 1 unspecified atom stereocenters. The molecule has 5 rings (SSSR count). The highest BCUT2D eigenvalue weighted by atomic mass is 16.2. The molecule has 0 aromatic carbocycles. The molecule has 0 bridgehead atoms. The number of nitrogens with zero attached hydrogens (tertiary/aromatic N) is 7. The van der Waals surface area contributed by atoms with Crippen molar-refractivity contribution in [1.29, 1.82) is 0 Å². The first-order chi connectivity index (χ1) is 17.3. The SMILES string of the molecule is Cn1cc(Nc2cc(-c3cc4c(cn3)C(NC(=O)c3cn(C(C)(C)C)nn3)CCCC4)ccn2)cn1. The zero-order valence-corrected chi connectivity index (χ0v) is 21.1. The number of aromatic nitrogens is 7. The van der Waals surface area contributed by atoms with Gasteiger partial charge in [0, 0.05) is 31.2 Å². The van der Waals surface area contributed by atoms with Crippen molar-refractivity contribution < 1.29 is 4.79 Å². The van der Waals surface area contributed by atoms with E-state index in [1.165, 1.54) is 5.56 Å². The zero-order valence-electron chi connectivity index (χ0n) is 21.1. The standard InChI is InChI=1S/C26H31N9O/c1-26(2,3)35-16-23(32-33-35)25(36)31-21-8-6-5-7-17-11-22(28-14-20(17)21)18-9-10-27-24(12-18)30-19-13-29-34(4)15-19/h9-16,21H,5-8H2,1-4H3,(H,27,30)(H,31,36). The fourth-order valence-corrected chi connectivity index (χ4v) is 4.38. The van der Waals surface area contributed by atoms with Gasteiger partial charge in [-0.3, -0.25) is 14.5 Å². The monoisotopic (exact) mass is 485 g/mol. The molecule has 4 aromatic rings. The minimum absolute atomic E-state index is 0.114. The van der Waals surface area contributed by atoms with Gasteiger partial charge in [0.1, 0.15) is 5.82 Å². The van der Waals surface area contributed by atoms with E-state index in [-0.39, 0.29) is 17.5 Å². The second kappa shape index (κ2) is 9.52. The van der Waals surface area contributed by atoms with Crippen LogP contribution in [0.5, 0.6) is 0 Å². The third-order valence-corrected chi connectivity index (χ3v) is 6.34. The highest BCUT2D eigenvalue weighted by Crippen LogP contribution is 2.31. The molecule has 1 atom stereocenters. The predicted octanol–water partition coefficient (Wildman–Crippen LogP) is 4.16. The fraction of sp³-hybridized carbons (Fsp3) is 0.385. The maximum Gasteiger partial charge on any atom is 0.273 e. The van der Waals surface area contributed by atoms with Gasteiger partial charge in [0.2, 0.25) is 0 Å². The minimum Gasteiger partial charge on any atom is -0.344 e. The van der Waals surface area contributed by atoms with E-state index in [1.54, 1.807) is 28.0 Å². The first-order valence-corrected chi connectivity index (χ1v) is 12.2. The van der Waals surface area contributed by atoms with Crippen LogP contribution in [0, 0.1) is 0 Å². The van der Waals surface area contributed by atoms with Crippen LogP contribution in [0.1, 0.15) is 67.7 Å². The van der Waals surface area contributed by atoms with Gasteiger partial charge in [-0.05, 0) is 69.4 Å². The van der Waals surface area contributed by atoms with Crippen LogP contribution in [0.2, 0.25) is 0 Å². The first kappa shape index (κ1) is 23.7. The predicted molar refractivity (Wildman–Crippen MR) is 137 cm³/mol. The lowest BCUT2D eigenvalue weighted by atomic mass is 9.99. The van der Waals surface area contributed by atoms with Crippen LogP contribution in [-0.4, -0.2) is 40.6 Å². The quantitative estimate of drug-likeness (QED) is 0.408. The van der Waals surface area contributed by atoms with E-state index in [9.17, 15) is 4.79 Å². The summed E-state index contributed by atoms with van der Waals surface area (Å²) < 4.78 is 3.45. The van der Waals surface area contributed by atoms with Gasteiger partial charge < -0.3 is 10.6 Å². The molecule has 0 saturated heterocycles. The zero-order chi connectivity index (χ0) is 25.3. The minimum atomic E-state index is -0.235. The van der Waals surface area contributed by atoms with E-state index in [0.29, 0.717) is 5.69 Å². The molecule has 2 N–H and O–H groups in total. The average Bonchev–Trinajstić information content (AvgIpc) is 3.46. The van der Waals surface area contributed by atoms with Crippen LogP contribution < -0.4 is 10.6 Å². The number of aryl methyl sites for hydroxylation is 2. The normalized spacial score (nSPS) is 15.7. The molecule has 10 nitrogen and oxygen atoms in total. The number of carbonyl (C=O) groups is 1. The van der Waals surface area contributed by atoms with Crippen LogP contribution in [0.3, 0.4) is 0 Å². The van der Waals surface area contributed by atoms with E-state index < -0.39 is 0 Å². The molecule has 0 saturated carbocycles. The van der Waals surface area contributed by atoms with Crippen molar-refractivity contribution in [3.8, 4) is 11.3 Å². The Morgan fingerprint density at radius 1 is 1.11 bits per heavy atom. The van der Waals surface area contributed by atoms with Gasteiger partial charge in [-0.25, -0.2) is 9.67 Å². The van der Waals surface area contributed by atoms with Gasteiger partial charge in [0.05, 0.1) is 35.4 Å². The Morgan fingerprint density at radius 2 is 1.97 bits per heavy atom. The highest BCUT2D eigenvalue weighted by Gasteiger charge is 2.24. The van der Waals surface area contributed by atoms with Crippen molar-refractivity contribution in [3.63, 3.8) is 0 Å². The summed E-state index contributed by atoms with van der Waals surface area (Å²) in [5.74, 6) is 0.512. The van der Waals surface area contributed by atoms with Gasteiger partial charge in [-0.2, -0.15) is 5.10 Å². The van der Waals surface area contributed by atoms with Crippen molar-refractivity contribution in [3.05, 3.63) is 66.0 Å². The number of fused-ring (bicyclic) bond motifs is 1. The maximum absolute atomic E-state index is 13.0. The lowest BCUT2D eigenvalue weighted by Crippen LogP contribution is -2.29. The van der Waals surface area contributed by atoms with E-state index in [0.717, 1.165) is 54.0 Å². The van der Waals surface area contributed by atoms with E-state index in [2.05, 4.69) is 37.1 Å². The molecule has 36 heavy (non-hydrogen) atoms. The summed E-state index contributed by atoms with van der Waals surface area (Å²) in [7, 11) is 1.87. The summed E-state index contributed by atoms with van der Waals surface area (Å²) in [4.78, 5) is 22.2. The van der Waals surface area contributed by atoms with Crippen molar-refractivity contribution in [2.75, 3.05) is 5.32 Å². The molecule has 4 heterocycles. The van der Waals surface area contributed by atoms with E-state index in [4.69, 9.17) is 4.98 Å². The Balaban J connectivity index is 1.36. The Labute approximate surface area is 210 Å². The molecule has 0 spiro atoms. The summed E-state index contributed by atoms with van der Waals surface area (Å²) in [6, 6.07) is 5.96. The summed E-state index contributed by atoms with van der Waals surface area (Å²) in [6.45, 7) is 6.07. The van der Waals surface area contributed by atoms with Crippen LogP contribution in [-0.2, 0) is 19.0 Å². The second-order valence-electron chi connectivity index (χ2n) is 10.2. The number of anilines is 2. The van der Waals surface area contributed by atoms with Gasteiger partial charge in [-0.1, -0.05) is 11.6 Å². The maximum atomic E-state index is 13.0. The van der Waals surface area contributed by atoms with Gasteiger partial charge in [0.15, 0.2) is 5.69 Å². The summed E-state index contributed by atoms with van der Waals surface area (Å²) in [5.41, 5.74) is 5.09. The molecular weight excluding hydrogens is 454 g/mol. The summed E-state index contributed by atoms with van der Waals surface area (Å²) in [5, 5.41) is 18.8. The third-order valence-electron chi connectivity index (χ3n) is 6.34. The number of hydrogen-bond donors (Lipinski definition) is 2. The number of amides is 1. The van der Waals surface area contributed by atoms with Gasteiger partial charge >= 0.3 is 0 Å². The molecule has 0 aliphatic heterocycles. The van der Waals surface area contributed by atoms with Crippen LogP contribution in [0.4, 0.5) is 11.5 Å². The molecular formula is C26H31N9O. The Bertz CT molecular complexity index is 1380. The van der Waals surface area contributed by atoms with E-state index in [1.807, 2.05) is 52.3 Å². The number of nitrogens with one attached hydrogen (secondary N) is 2. The van der Waals surface area contributed by atoms with Crippen molar-refractivity contribution in [1.82, 2.24) is 40.1 Å². The van der Waals surface area contributed by atoms with Crippen LogP contribution in [0.25, 0.3) is 11.3 Å². The first-order valence-electron chi connectivity index (χ1n) is 12.2. The molecule has 10 heteroatoms.